The first-order valence-electron chi connectivity index (χ1n) is 8.54. The Morgan fingerprint density at radius 1 is 1.07 bits per heavy atom. The molecule has 0 fully saturated rings. The van der Waals surface area contributed by atoms with Crippen LogP contribution in [0.3, 0.4) is 0 Å². The molecule has 4 rings (SSSR count). The van der Waals surface area contributed by atoms with Crippen molar-refractivity contribution in [3.05, 3.63) is 53.5 Å². The summed E-state index contributed by atoms with van der Waals surface area (Å²) in [4.78, 5) is 43.6. The zero-order valence-corrected chi connectivity index (χ0v) is 15.8. The van der Waals surface area contributed by atoms with Gasteiger partial charge in [0.25, 0.3) is 5.91 Å². The number of hydrogen-bond acceptors (Lipinski definition) is 8. The zero-order valence-electron chi connectivity index (χ0n) is 15.8. The number of carbonyl (C=O) groups excluding carboxylic acids is 3. The monoisotopic (exact) mass is 385 g/mol. The van der Waals surface area contributed by atoms with E-state index in [0.29, 0.717) is 11.3 Å². The number of nitrogens with zero attached hydrogens (tertiary/aromatic N) is 3. The van der Waals surface area contributed by atoms with Gasteiger partial charge in [0.05, 0.1) is 19.9 Å². The molecule has 1 spiro atoms. The first kappa shape index (κ1) is 18.1. The molecule has 3 aliphatic rings. The normalized spacial score (nSPS) is 25.4. The summed E-state index contributed by atoms with van der Waals surface area (Å²) < 4.78 is 16.2. The maximum absolute atomic E-state index is 13.5. The summed E-state index contributed by atoms with van der Waals surface area (Å²) >= 11 is 0. The third-order valence-corrected chi connectivity index (χ3v) is 5.20. The highest BCUT2D eigenvalue weighted by Gasteiger charge is 2.63. The average Bonchev–Trinajstić information content (AvgIpc) is 3.18. The van der Waals surface area contributed by atoms with E-state index in [1.807, 2.05) is 0 Å². The zero-order chi connectivity index (χ0) is 20.2. The lowest BCUT2D eigenvalue weighted by molar-refractivity contribution is -0.193. The third-order valence-electron chi connectivity index (χ3n) is 5.20. The predicted molar refractivity (Wildman–Crippen MR) is 96.2 cm³/mol. The highest BCUT2D eigenvalue weighted by molar-refractivity contribution is 6.16. The molecule has 0 radical (unpaired) electrons. The number of methoxy groups -OCH3 is 2. The average molecular weight is 385 g/mol. The van der Waals surface area contributed by atoms with Crippen LogP contribution in [-0.4, -0.2) is 62.3 Å². The maximum atomic E-state index is 13.5. The van der Waals surface area contributed by atoms with Crippen LogP contribution >= 0.6 is 0 Å². The largest absolute Gasteiger partial charge is 0.465 e. The van der Waals surface area contributed by atoms with Crippen LogP contribution in [0.4, 0.5) is 5.69 Å². The molecule has 9 heteroatoms. The quantitative estimate of drug-likeness (QED) is 0.680. The standard InChI is InChI=1S/C19H19N3O6/c1-20-9-10-22-14(16(24)27-4)13(15(23)26-3)19(28-18(20)22)11-7-5-6-8-12(11)21(2)17(19)25/h5-10,18H,1-4H3/t18-,19?/m0/s1. The topological polar surface area (TPSA) is 88.6 Å². The van der Waals surface area contributed by atoms with E-state index in [4.69, 9.17) is 14.2 Å². The first-order chi connectivity index (χ1) is 13.4. The van der Waals surface area contributed by atoms with Crippen LogP contribution in [0.2, 0.25) is 0 Å². The van der Waals surface area contributed by atoms with Crippen molar-refractivity contribution in [2.24, 2.45) is 0 Å². The van der Waals surface area contributed by atoms with Gasteiger partial charge in [-0.2, -0.15) is 0 Å². The molecule has 9 nitrogen and oxygen atoms in total. The van der Waals surface area contributed by atoms with Crippen LogP contribution in [0.1, 0.15) is 5.56 Å². The lowest BCUT2D eigenvalue weighted by atomic mass is 9.84. The van der Waals surface area contributed by atoms with Gasteiger partial charge in [-0.25, -0.2) is 9.59 Å². The fraction of sp³-hybridized carbons (Fsp3) is 0.316. The molecule has 1 amide bonds. The van der Waals surface area contributed by atoms with E-state index in [1.54, 1.807) is 55.7 Å². The Balaban J connectivity index is 2.09. The molecule has 1 aromatic rings. The number of carbonyl (C=O) groups is 3. The van der Waals surface area contributed by atoms with Gasteiger partial charge in [-0.05, 0) is 6.07 Å². The number of ether oxygens (including phenoxy) is 3. The first-order valence-corrected chi connectivity index (χ1v) is 8.54. The van der Waals surface area contributed by atoms with E-state index in [1.165, 1.54) is 24.0 Å². The summed E-state index contributed by atoms with van der Waals surface area (Å²) in [5, 5.41) is 0. The Morgan fingerprint density at radius 3 is 2.43 bits per heavy atom. The highest BCUT2D eigenvalue weighted by Crippen LogP contribution is 2.52. The summed E-state index contributed by atoms with van der Waals surface area (Å²) in [5.41, 5.74) is -1.09. The van der Waals surface area contributed by atoms with Gasteiger partial charge in [-0.15, -0.1) is 0 Å². The summed E-state index contributed by atoms with van der Waals surface area (Å²) in [6, 6.07) is 6.97. The van der Waals surface area contributed by atoms with Crippen LogP contribution in [0.5, 0.6) is 0 Å². The minimum Gasteiger partial charge on any atom is -0.465 e. The van der Waals surface area contributed by atoms with E-state index >= 15 is 0 Å². The number of amides is 1. The van der Waals surface area contributed by atoms with Crippen molar-refractivity contribution in [3.8, 4) is 0 Å². The van der Waals surface area contributed by atoms with Gasteiger partial charge in [0.1, 0.15) is 11.3 Å². The number of anilines is 1. The molecule has 3 aliphatic heterocycles. The molecular formula is C19H19N3O6. The van der Waals surface area contributed by atoms with Crippen LogP contribution in [0.15, 0.2) is 47.9 Å². The predicted octanol–water partition coefficient (Wildman–Crippen LogP) is 0.491. The summed E-state index contributed by atoms with van der Waals surface area (Å²) in [5.74, 6) is -2.11. The van der Waals surface area contributed by atoms with Crippen molar-refractivity contribution in [3.63, 3.8) is 0 Å². The number of fused-ring (bicyclic) bond motifs is 3. The molecule has 28 heavy (non-hydrogen) atoms. The van der Waals surface area contributed by atoms with Crippen molar-refractivity contribution in [1.29, 1.82) is 0 Å². The molecular weight excluding hydrogens is 366 g/mol. The van der Waals surface area contributed by atoms with Crippen molar-refractivity contribution in [1.82, 2.24) is 9.80 Å². The van der Waals surface area contributed by atoms with E-state index in [9.17, 15) is 14.4 Å². The Labute approximate surface area is 161 Å². The second-order valence-electron chi connectivity index (χ2n) is 6.58. The van der Waals surface area contributed by atoms with Crippen molar-refractivity contribution >= 4 is 23.5 Å². The van der Waals surface area contributed by atoms with E-state index < -0.39 is 29.8 Å². The summed E-state index contributed by atoms with van der Waals surface area (Å²) in [6.07, 6.45) is 2.45. The number of hydrogen-bond donors (Lipinski definition) is 0. The molecule has 0 bridgehead atoms. The highest BCUT2D eigenvalue weighted by atomic mass is 16.6. The molecule has 1 unspecified atom stereocenters. The number of rotatable bonds is 2. The lowest BCUT2D eigenvalue weighted by Gasteiger charge is -2.43. The molecule has 0 aliphatic carbocycles. The van der Waals surface area contributed by atoms with Gasteiger partial charge in [0.2, 0.25) is 12.0 Å². The maximum Gasteiger partial charge on any atom is 0.355 e. The van der Waals surface area contributed by atoms with Gasteiger partial charge >= 0.3 is 11.9 Å². The number of para-hydroxylation sites is 1. The van der Waals surface area contributed by atoms with Crippen molar-refractivity contribution < 1.29 is 28.6 Å². The van der Waals surface area contributed by atoms with Crippen LogP contribution in [0.25, 0.3) is 0 Å². The Bertz CT molecular complexity index is 955. The van der Waals surface area contributed by atoms with Crippen molar-refractivity contribution in [2.75, 3.05) is 33.2 Å². The van der Waals surface area contributed by atoms with E-state index in [0.717, 1.165) is 0 Å². The van der Waals surface area contributed by atoms with Crippen LogP contribution < -0.4 is 4.90 Å². The Morgan fingerprint density at radius 2 is 1.75 bits per heavy atom. The summed E-state index contributed by atoms with van der Waals surface area (Å²) in [6.45, 7) is 0. The second kappa shape index (κ2) is 6.10. The van der Waals surface area contributed by atoms with Gasteiger partial charge in [0, 0.05) is 32.1 Å². The Kier molecular flexibility index (Phi) is 3.93. The fourth-order valence-corrected chi connectivity index (χ4v) is 3.88. The van der Waals surface area contributed by atoms with Crippen LogP contribution in [-0.2, 0) is 34.2 Å². The van der Waals surface area contributed by atoms with E-state index in [2.05, 4.69) is 0 Å². The number of esters is 2. The molecule has 0 saturated carbocycles. The molecule has 146 valence electrons. The molecule has 0 aromatic heterocycles. The second-order valence-corrected chi connectivity index (χ2v) is 6.58. The van der Waals surface area contributed by atoms with Crippen LogP contribution in [0, 0.1) is 0 Å². The Hall–Kier alpha value is -3.33. The third kappa shape index (κ3) is 2.07. The minimum absolute atomic E-state index is 0.0929. The number of benzene rings is 1. The molecule has 0 N–H and O–H groups in total. The molecule has 0 saturated heterocycles. The smallest absolute Gasteiger partial charge is 0.355 e. The van der Waals surface area contributed by atoms with E-state index in [-0.39, 0.29) is 11.3 Å². The lowest BCUT2D eigenvalue weighted by Crippen LogP contribution is -2.57. The fourth-order valence-electron chi connectivity index (χ4n) is 3.88. The van der Waals surface area contributed by atoms with Gasteiger partial charge in [0.15, 0.2) is 0 Å². The SMILES string of the molecule is COC(=O)C1=C(C(=O)OC)C2(O[C@H]3N(C)C=CN13)C(=O)N(C)c1ccccc12. The van der Waals surface area contributed by atoms with Gasteiger partial charge < -0.3 is 24.0 Å². The molecule has 3 heterocycles. The molecule has 1 aromatic carbocycles. The van der Waals surface area contributed by atoms with Gasteiger partial charge in [-0.1, -0.05) is 18.2 Å². The van der Waals surface area contributed by atoms with Crippen molar-refractivity contribution in [2.45, 2.75) is 12.0 Å². The minimum atomic E-state index is -1.83. The van der Waals surface area contributed by atoms with Gasteiger partial charge in [-0.3, -0.25) is 9.69 Å². The molecule has 2 atom stereocenters. The number of likely N-dealkylation sites (N-methyl/N-ethyl adjacent to an activating group) is 1. The summed E-state index contributed by atoms with van der Waals surface area (Å²) in [7, 11) is 5.73.